The first-order valence-electron chi connectivity index (χ1n) is 6.49. The minimum Gasteiger partial charge on any atom is -0.276 e. The van der Waals surface area contributed by atoms with Gasteiger partial charge < -0.3 is 0 Å². The topological polar surface area (TPSA) is 47.2 Å². The van der Waals surface area contributed by atoms with Crippen LogP contribution in [-0.2, 0) is 4.79 Å². The summed E-state index contributed by atoms with van der Waals surface area (Å²) in [6.45, 7) is 9.55. The molecule has 0 aliphatic rings. The van der Waals surface area contributed by atoms with Crippen LogP contribution in [0.5, 0.6) is 0 Å². The fourth-order valence-corrected chi connectivity index (χ4v) is 2.43. The summed E-state index contributed by atoms with van der Waals surface area (Å²) < 4.78 is 1.87. The molecule has 0 saturated carbocycles. The van der Waals surface area contributed by atoms with Gasteiger partial charge in [0.2, 0.25) is 0 Å². The van der Waals surface area contributed by atoms with E-state index in [1.807, 2.05) is 63.6 Å². The number of carbonyl (C=O) groups excluding carboxylic acids is 1. The Morgan fingerprint density at radius 1 is 1.30 bits per heavy atom. The minimum atomic E-state index is -0.476. The van der Waals surface area contributed by atoms with Crippen molar-refractivity contribution in [2.45, 2.75) is 34.6 Å². The highest BCUT2D eigenvalue weighted by Gasteiger charge is 2.21. The van der Waals surface area contributed by atoms with Crippen molar-refractivity contribution in [2.75, 3.05) is 0 Å². The average Bonchev–Trinajstić information content (AvgIpc) is 2.69. The Balaban J connectivity index is 2.57. The number of hydrogen-bond acceptors (Lipinski definition) is 3. The summed E-state index contributed by atoms with van der Waals surface area (Å²) >= 11 is 1.49. The number of aromatic nitrogens is 2. The monoisotopic (exact) mass is 289 g/mol. The quantitative estimate of drug-likeness (QED) is 0.810. The van der Waals surface area contributed by atoms with E-state index in [2.05, 4.69) is 9.98 Å². The number of amides is 1. The number of thiazole rings is 1. The molecule has 2 heterocycles. The molecule has 0 atom stereocenters. The van der Waals surface area contributed by atoms with Gasteiger partial charge in [0.1, 0.15) is 5.82 Å². The standard InChI is InChI=1S/C15H19N3OS/c1-10-7-6-8-12(16-10)18-9-11(2)20-14(18)17-13(19)15(3,4)5/h6-9H,1-5H3/b17-14-. The SMILES string of the molecule is Cc1cccc(-n2cc(C)s/c2=N\C(=O)C(C)(C)C)n1. The van der Waals surface area contributed by atoms with Gasteiger partial charge >= 0.3 is 0 Å². The summed E-state index contributed by atoms with van der Waals surface area (Å²) in [7, 11) is 0. The molecule has 2 aromatic heterocycles. The minimum absolute atomic E-state index is 0.124. The van der Waals surface area contributed by atoms with E-state index in [1.54, 1.807) is 0 Å². The van der Waals surface area contributed by atoms with Gasteiger partial charge in [0.15, 0.2) is 4.80 Å². The largest absolute Gasteiger partial charge is 0.276 e. The zero-order chi connectivity index (χ0) is 14.9. The van der Waals surface area contributed by atoms with Crippen LogP contribution >= 0.6 is 11.3 Å². The summed E-state index contributed by atoms with van der Waals surface area (Å²) in [5.41, 5.74) is 0.461. The normalized spacial score (nSPS) is 12.8. The lowest BCUT2D eigenvalue weighted by molar-refractivity contribution is -0.125. The van der Waals surface area contributed by atoms with Crippen LogP contribution in [0.2, 0.25) is 0 Å². The van der Waals surface area contributed by atoms with E-state index in [1.165, 1.54) is 11.3 Å². The van der Waals surface area contributed by atoms with E-state index in [0.29, 0.717) is 4.80 Å². The van der Waals surface area contributed by atoms with Crippen LogP contribution in [0, 0.1) is 19.3 Å². The molecule has 2 aromatic rings. The molecule has 5 heteroatoms. The maximum atomic E-state index is 12.1. The highest BCUT2D eigenvalue weighted by atomic mass is 32.1. The molecule has 0 N–H and O–H groups in total. The van der Waals surface area contributed by atoms with Gasteiger partial charge in [0, 0.05) is 22.2 Å². The second kappa shape index (κ2) is 5.32. The molecule has 0 bridgehead atoms. The zero-order valence-corrected chi connectivity index (χ0v) is 13.3. The lowest BCUT2D eigenvalue weighted by Gasteiger charge is -2.11. The van der Waals surface area contributed by atoms with Gasteiger partial charge in [0.25, 0.3) is 5.91 Å². The van der Waals surface area contributed by atoms with Crippen LogP contribution in [-0.4, -0.2) is 15.5 Å². The highest BCUT2D eigenvalue weighted by molar-refractivity contribution is 7.09. The number of rotatable bonds is 1. The van der Waals surface area contributed by atoms with Gasteiger partial charge in [-0.2, -0.15) is 4.99 Å². The van der Waals surface area contributed by atoms with E-state index >= 15 is 0 Å². The van der Waals surface area contributed by atoms with Crippen molar-refractivity contribution in [3.05, 3.63) is 39.8 Å². The third-order valence-corrected chi connectivity index (χ3v) is 3.63. The third kappa shape index (κ3) is 3.22. The molecule has 20 heavy (non-hydrogen) atoms. The summed E-state index contributed by atoms with van der Waals surface area (Å²) in [4.78, 5) is 22.6. The van der Waals surface area contributed by atoms with Gasteiger partial charge in [0.05, 0.1) is 0 Å². The van der Waals surface area contributed by atoms with Crippen molar-refractivity contribution < 1.29 is 4.79 Å². The third-order valence-electron chi connectivity index (χ3n) is 2.73. The molecule has 1 amide bonds. The Morgan fingerprint density at radius 2 is 2.00 bits per heavy atom. The second-order valence-corrected chi connectivity index (χ2v) is 7.01. The summed E-state index contributed by atoms with van der Waals surface area (Å²) in [5.74, 6) is 0.663. The van der Waals surface area contributed by atoms with Crippen molar-refractivity contribution in [3.8, 4) is 5.82 Å². The van der Waals surface area contributed by atoms with Gasteiger partial charge in [-0.3, -0.25) is 9.36 Å². The van der Waals surface area contributed by atoms with Crippen molar-refractivity contribution in [1.29, 1.82) is 0 Å². The van der Waals surface area contributed by atoms with Crippen LogP contribution in [0.25, 0.3) is 5.82 Å². The van der Waals surface area contributed by atoms with Crippen LogP contribution in [0.4, 0.5) is 0 Å². The maximum Gasteiger partial charge on any atom is 0.253 e. The molecule has 0 saturated heterocycles. The van der Waals surface area contributed by atoms with E-state index in [-0.39, 0.29) is 5.91 Å². The molecule has 0 unspecified atom stereocenters. The number of hydrogen-bond donors (Lipinski definition) is 0. The van der Waals surface area contributed by atoms with E-state index in [0.717, 1.165) is 16.4 Å². The molecule has 4 nitrogen and oxygen atoms in total. The lowest BCUT2D eigenvalue weighted by Crippen LogP contribution is -2.23. The first kappa shape index (κ1) is 14.7. The number of nitrogens with zero attached hydrogens (tertiary/aromatic N) is 3. The van der Waals surface area contributed by atoms with E-state index < -0.39 is 5.41 Å². The van der Waals surface area contributed by atoms with Crippen LogP contribution < -0.4 is 4.80 Å². The van der Waals surface area contributed by atoms with Crippen LogP contribution in [0.15, 0.2) is 29.4 Å². The van der Waals surface area contributed by atoms with Gasteiger partial charge in [-0.15, -0.1) is 11.3 Å². The Labute approximate surface area is 122 Å². The predicted molar refractivity (Wildman–Crippen MR) is 80.9 cm³/mol. The Kier molecular flexibility index (Phi) is 3.90. The lowest BCUT2D eigenvalue weighted by atomic mass is 9.96. The Hall–Kier alpha value is -1.75. The van der Waals surface area contributed by atoms with Crippen molar-refractivity contribution >= 4 is 17.2 Å². The molecule has 2 rings (SSSR count). The molecular formula is C15H19N3OS. The molecule has 0 spiro atoms. The van der Waals surface area contributed by atoms with Crippen molar-refractivity contribution in [3.63, 3.8) is 0 Å². The van der Waals surface area contributed by atoms with E-state index in [4.69, 9.17) is 0 Å². The first-order valence-corrected chi connectivity index (χ1v) is 7.31. The number of aryl methyl sites for hydroxylation is 2. The molecule has 0 radical (unpaired) electrons. The fourth-order valence-electron chi connectivity index (χ4n) is 1.61. The van der Waals surface area contributed by atoms with Crippen molar-refractivity contribution in [1.82, 2.24) is 9.55 Å². The predicted octanol–water partition coefficient (Wildman–Crippen LogP) is 3.02. The van der Waals surface area contributed by atoms with Crippen LogP contribution in [0.1, 0.15) is 31.3 Å². The molecule has 0 fully saturated rings. The first-order chi connectivity index (χ1) is 9.27. The molecule has 0 aromatic carbocycles. The molecule has 106 valence electrons. The van der Waals surface area contributed by atoms with Crippen molar-refractivity contribution in [2.24, 2.45) is 10.4 Å². The Bertz CT molecular complexity index is 704. The second-order valence-electron chi connectivity index (χ2n) is 5.80. The molecular weight excluding hydrogens is 270 g/mol. The van der Waals surface area contributed by atoms with Crippen LogP contribution in [0.3, 0.4) is 0 Å². The smallest absolute Gasteiger partial charge is 0.253 e. The van der Waals surface area contributed by atoms with Gasteiger partial charge in [-0.05, 0) is 26.0 Å². The summed E-state index contributed by atoms with van der Waals surface area (Å²) in [6.07, 6.45) is 1.96. The highest BCUT2D eigenvalue weighted by Crippen LogP contribution is 2.15. The van der Waals surface area contributed by atoms with Gasteiger partial charge in [-0.25, -0.2) is 4.98 Å². The average molecular weight is 289 g/mol. The number of pyridine rings is 1. The maximum absolute atomic E-state index is 12.1. The van der Waals surface area contributed by atoms with E-state index in [9.17, 15) is 4.79 Å². The summed E-state index contributed by atoms with van der Waals surface area (Å²) in [5, 5.41) is 0. The zero-order valence-electron chi connectivity index (χ0n) is 12.5. The Morgan fingerprint density at radius 3 is 2.60 bits per heavy atom. The molecule has 0 aliphatic carbocycles. The summed E-state index contributed by atoms with van der Waals surface area (Å²) in [6, 6.07) is 5.81. The number of carbonyl (C=O) groups is 1. The molecule has 0 aliphatic heterocycles. The fraction of sp³-hybridized carbons (Fsp3) is 0.400. The van der Waals surface area contributed by atoms with Gasteiger partial charge in [-0.1, -0.05) is 26.8 Å².